The first kappa shape index (κ1) is 9.02. The minimum atomic E-state index is -0.469. The second kappa shape index (κ2) is 4.08. The van der Waals surface area contributed by atoms with Crippen LogP contribution in [0.3, 0.4) is 0 Å². The number of nitrogens with zero attached hydrogens (tertiary/aromatic N) is 2. The van der Waals surface area contributed by atoms with Gasteiger partial charge in [-0.25, -0.2) is 14.4 Å². The van der Waals surface area contributed by atoms with E-state index in [1.54, 1.807) is 0 Å². The summed E-state index contributed by atoms with van der Waals surface area (Å²) in [5, 5.41) is 0. The first-order valence-electron chi connectivity index (χ1n) is 3.46. The van der Waals surface area contributed by atoms with Crippen LogP contribution in [0.4, 0.5) is 4.39 Å². The van der Waals surface area contributed by atoms with E-state index in [-0.39, 0.29) is 0 Å². The molecule has 0 fully saturated rings. The number of ether oxygens (including phenoxy) is 1. The van der Waals surface area contributed by atoms with Crippen molar-refractivity contribution in [3.63, 3.8) is 0 Å². The van der Waals surface area contributed by atoms with Gasteiger partial charge in [-0.05, 0) is 0 Å². The quantitative estimate of drug-likeness (QED) is 0.708. The Morgan fingerprint density at radius 1 is 1.58 bits per heavy atom. The number of rotatable bonds is 3. The summed E-state index contributed by atoms with van der Waals surface area (Å²) in [7, 11) is 1.53. The van der Waals surface area contributed by atoms with Crippen molar-refractivity contribution in [3.8, 4) is 0 Å². The van der Waals surface area contributed by atoms with E-state index in [1.807, 2.05) is 0 Å². The lowest BCUT2D eigenvalue weighted by molar-refractivity contribution is 0.178. The molecule has 0 radical (unpaired) electrons. The lowest BCUT2D eigenvalue weighted by atomic mass is 10.3. The van der Waals surface area contributed by atoms with Gasteiger partial charge in [-0.3, -0.25) is 0 Å². The smallest absolute Gasteiger partial charge is 0.159 e. The molecule has 5 heteroatoms. The van der Waals surface area contributed by atoms with Gasteiger partial charge >= 0.3 is 0 Å². The molecule has 0 amide bonds. The summed E-state index contributed by atoms with van der Waals surface area (Å²) in [5.41, 5.74) is 5.58. The van der Waals surface area contributed by atoms with E-state index in [2.05, 4.69) is 9.97 Å². The fourth-order valence-electron chi connectivity index (χ4n) is 0.768. The third-order valence-electron chi connectivity index (χ3n) is 1.32. The molecule has 1 aromatic rings. The Bertz CT molecular complexity index is 239. The maximum absolute atomic E-state index is 12.3. The van der Waals surface area contributed by atoms with Crippen molar-refractivity contribution in [1.82, 2.24) is 9.97 Å². The molecule has 12 heavy (non-hydrogen) atoms. The minimum Gasteiger partial charge on any atom is -0.383 e. The minimum absolute atomic E-state index is 0.325. The monoisotopic (exact) mass is 171 g/mol. The SMILES string of the molecule is COCC(N)c1ncc(F)cn1. The van der Waals surface area contributed by atoms with Crippen LogP contribution in [0.25, 0.3) is 0 Å². The second-order valence-corrected chi connectivity index (χ2v) is 2.32. The zero-order valence-corrected chi connectivity index (χ0v) is 6.70. The van der Waals surface area contributed by atoms with Crippen molar-refractivity contribution >= 4 is 0 Å². The van der Waals surface area contributed by atoms with Crippen molar-refractivity contribution in [3.05, 3.63) is 24.0 Å². The summed E-state index contributed by atoms with van der Waals surface area (Å²) in [6.07, 6.45) is 2.16. The first-order valence-corrected chi connectivity index (χ1v) is 3.46. The summed E-state index contributed by atoms with van der Waals surface area (Å²) in [4.78, 5) is 7.41. The van der Waals surface area contributed by atoms with Crippen LogP contribution in [-0.4, -0.2) is 23.7 Å². The number of methoxy groups -OCH3 is 1. The van der Waals surface area contributed by atoms with Gasteiger partial charge in [-0.1, -0.05) is 0 Å². The Morgan fingerprint density at radius 2 is 2.17 bits per heavy atom. The Kier molecular flexibility index (Phi) is 3.07. The van der Waals surface area contributed by atoms with Gasteiger partial charge in [0.25, 0.3) is 0 Å². The average molecular weight is 171 g/mol. The Labute approximate surface area is 69.6 Å². The van der Waals surface area contributed by atoms with E-state index in [0.717, 1.165) is 12.4 Å². The van der Waals surface area contributed by atoms with Gasteiger partial charge in [0.05, 0.1) is 25.0 Å². The van der Waals surface area contributed by atoms with Gasteiger partial charge in [0.1, 0.15) is 5.82 Å². The fourth-order valence-corrected chi connectivity index (χ4v) is 0.768. The predicted octanol–water partition coefficient (Wildman–Crippen LogP) is 0.262. The molecule has 0 aromatic carbocycles. The number of hydrogen-bond acceptors (Lipinski definition) is 4. The molecule has 66 valence electrons. The summed E-state index contributed by atoms with van der Waals surface area (Å²) in [6.45, 7) is 0.325. The van der Waals surface area contributed by atoms with Crippen LogP contribution in [0.1, 0.15) is 11.9 Å². The highest BCUT2D eigenvalue weighted by Gasteiger charge is 2.07. The van der Waals surface area contributed by atoms with Gasteiger partial charge in [-0.2, -0.15) is 0 Å². The summed E-state index contributed by atoms with van der Waals surface area (Å²) in [6, 6.07) is -0.393. The topological polar surface area (TPSA) is 61.0 Å². The molecule has 0 saturated heterocycles. The zero-order chi connectivity index (χ0) is 8.97. The van der Waals surface area contributed by atoms with E-state index in [9.17, 15) is 4.39 Å². The van der Waals surface area contributed by atoms with E-state index >= 15 is 0 Å². The number of halogens is 1. The molecule has 0 spiro atoms. The van der Waals surface area contributed by atoms with Gasteiger partial charge in [0.2, 0.25) is 0 Å². The maximum atomic E-state index is 12.3. The first-order chi connectivity index (χ1) is 5.74. The molecular formula is C7H10FN3O. The Hall–Kier alpha value is -1.07. The highest BCUT2D eigenvalue weighted by Crippen LogP contribution is 2.03. The van der Waals surface area contributed by atoms with Crippen LogP contribution in [-0.2, 0) is 4.74 Å². The molecule has 0 bridgehead atoms. The molecule has 0 aliphatic carbocycles. The highest BCUT2D eigenvalue weighted by atomic mass is 19.1. The van der Waals surface area contributed by atoms with Crippen molar-refractivity contribution in [2.24, 2.45) is 5.73 Å². The molecule has 4 nitrogen and oxygen atoms in total. The third kappa shape index (κ3) is 2.21. The fraction of sp³-hybridized carbons (Fsp3) is 0.429. The maximum Gasteiger partial charge on any atom is 0.159 e. The van der Waals surface area contributed by atoms with E-state index in [0.29, 0.717) is 12.4 Å². The van der Waals surface area contributed by atoms with Crippen LogP contribution >= 0.6 is 0 Å². The third-order valence-corrected chi connectivity index (χ3v) is 1.32. The van der Waals surface area contributed by atoms with Crippen LogP contribution in [0.5, 0.6) is 0 Å². The van der Waals surface area contributed by atoms with E-state index in [4.69, 9.17) is 10.5 Å². The van der Waals surface area contributed by atoms with Gasteiger partial charge in [-0.15, -0.1) is 0 Å². The van der Waals surface area contributed by atoms with E-state index < -0.39 is 11.9 Å². The second-order valence-electron chi connectivity index (χ2n) is 2.32. The molecule has 0 aliphatic heterocycles. The van der Waals surface area contributed by atoms with Crippen molar-refractivity contribution in [2.45, 2.75) is 6.04 Å². The summed E-state index contributed by atoms with van der Waals surface area (Å²) >= 11 is 0. The standard InChI is InChI=1S/C7H10FN3O/c1-12-4-6(9)7-10-2-5(8)3-11-7/h2-3,6H,4,9H2,1H3. The molecule has 1 rings (SSSR count). The molecule has 1 heterocycles. The molecule has 1 aromatic heterocycles. The average Bonchev–Trinajstić information content (AvgIpc) is 2.06. The summed E-state index contributed by atoms with van der Waals surface area (Å²) < 4.78 is 17.1. The Balaban J connectivity index is 2.68. The number of hydrogen-bond donors (Lipinski definition) is 1. The molecule has 0 aliphatic rings. The molecule has 2 N–H and O–H groups in total. The van der Waals surface area contributed by atoms with Crippen molar-refractivity contribution in [1.29, 1.82) is 0 Å². The largest absolute Gasteiger partial charge is 0.383 e. The Morgan fingerprint density at radius 3 is 2.67 bits per heavy atom. The molecule has 0 saturated carbocycles. The zero-order valence-electron chi connectivity index (χ0n) is 6.70. The molecular weight excluding hydrogens is 161 g/mol. The summed E-state index contributed by atoms with van der Waals surface area (Å²) in [5.74, 6) is -0.0818. The van der Waals surface area contributed by atoms with Crippen molar-refractivity contribution in [2.75, 3.05) is 13.7 Å². The highest BCUT2D eigenvalue weighted by molar-refractivity contribution is 4.96. The van der Waals surface area contributed by atoms with E-state index in [1.165, 1.54) is 7.11 Å². The van der Waals surface area contributed by atoms with Gasteiger partial charge in [0, 0.05) is 7.11 Å². The lowest BCUT2D eigenvalue weighted by Crippen LogP contribution is -2.18. The van der Waals surface area contributed by atoms with Crippen LogP contribution in [0, 0.1) is 5.82 Å². The number of aromatic nitrogens is 2. The van der Waals surface area contributed by atoms with Crippen LogP contribution in [0.15, 0.2) is 12.4 Å². The molecule has 1 atom stereocenters. The van der Waals surface area contributed by atoms with Gasteiger partial charge in [0.15, 0.2) is 5.82 Å². The van der Waals surface area contributed by atoms with Crippen molar-refractivity contribution < 1.29 is 9.13 Å². The number of nitrogens with two attached hydrogens (primary N) is 1. The predicted molar refractivity (Wildman–Crippen MR) is 40.8 cm³/mol. The van der Waals surface area contributed by atoms with Gasteiger partial charge < -0.3 is 10.5 Å². The normalized spacial score (nSPS) is 12.9. The molecule has 1 unspecified atom stereocenters. The van der Waals surface area contributed by atoms with Crippen LogP contribution in [0.2, 0.25) is 0 Å². The van der Waals surface area contributed by atoms with Crippen LogP contribution < -0.4 is 5.73 Å². The lowest BCUT2D eigenvalue weighted by Gasteiger charge is -2.07.